The molecular formula is C17H18ClNO2. The number of hydrogen-bond donors (Lipinski definition) is 1. The monoisotopic (exact) mass is 303 g/mol. The van der Waals surface area contributed by atoms with E-state index in [2.05, 4.69) is 12.2 Å². The Balaban J connectivity index is 1.87. The number of carbonyl (C=O) groups is 1. The molecule has 0 aliphatic rings. The molecule has 0 aromatic heterocycles. The molecule has 0 radical (unpaired) electrons. The topological polar surface area (TPSA) is 38.3 Å². The molecule has 0 fully saturated rings. The molecule has 110 valence electrons. The number of aryl methyl sites for hydroxylation is 2. The van der Waals surface area contributed by atoms with Crippen LogP contribution in [0.1, 0.15) is 18.1 Å². The van der Waals surface area contributed by atoms with Gasteiger partial charge in [0.1, 0.15) is 5.75 Å². The predicted molar refractivity (Wildman–Crippen MR) is 86.1 cm³/mol. The van der Waals surface area contributed by atoms with E-state index in [0.717, 1.165) is 17.7 Å². The van der Waals surface area contributed by atoms with Crippen molar-refractivity contribution in [2.24, 2.45) is 0 Å². The van der Waals surface area contributed by atoms with Gasteiger partial charge in [0.15, 0.2) is 6.61 Å². The molecule has 0 atom stereocenters. The molecule has 1 N–H and O–H groups in total. The largest absolute Gasteiger partial charge is 0.484 e. The lowest BCUT2D eigenvalue weighted by Gasteiger charge is -2.09. The molecular weight excluding hydrogens is 286 g/mol. The Morgan fingerprint density at radius 3 is 2.52 bits per heavy atom. The van der Waals surface area contributed by atoms with Crippen molar-refractivity contribution in [1.82, 2.24) is 0 Å². The minimum absolute atomic E-state index is 0.0311. The van der Waals surface area contributed by atoms with Gasteiger partial charge in [-0.2, -0.15) is 0 Å². The Bertz CT molecular complexity index is 623. The minimum atomic E-state index is -0.188. The summed E-state index contributed by atoms with van der Waals surface area (Å²) in [6, 6.07) is 13.1. The van der Waals surface area contributed by atoms with Crippen LogP contribution in [-0.4, -0.2) is 12.5 Å². The summed E-state index contributed by atoms with van der Waals surface area (Å²) in [5.74, 6) is 0.445. The summed E-state index contributed by atoms with van der Waals surface area (Å²) in [4.78, 5) is 11.8. The summed E-state index contributed by atoms with van der Waals surface area (Å²) < 4.78 is 5.45. The second-order valence-corrected chi connectivity index (χ2v) is 5.21. The third-order valence-electron chi connectivity index (χ3n) is 3.15. The van der Waals surface area contributed by atoms with Crippen molar-refractivity contribution < 1.29 is 9.53 Å². The number of halogens is 1. The second kappa shape index (κ2) is 7.14. The summed E-state index contributed by atoms with van der Waals surface area (Å²) in [6.45, 7) is 3.96. The Morgan fingerprint density at radius 1 is 1.19 bits per heavy atom. The Morgan fingerprint density at radius 2 is 1.90 bits per heavy atom. The van der Waals surface area contributed by atoms with Gasteiger partial charge in [-0.05, 0) is 54.8 Å². The van der Waals surface area contributed by atoms with E-state index in [-0.39, 0.29) is 12.5 Å². The fourth-order valence-corrected chi connectivity index (χ4v) is 1.99. The van der Waals surface area contributed by atoms with Gasteiger partial charge < -0.3 is 10.1 Å². The lowest BCUT2D eigenvalue weighted by atomic mass is 10.1. The zero-order chi connectivity index (χ0) is 15.2. The van der Waals surface area contributed by atoms with Gasteiger partial charge in [-0.25, -0.2) is 0 Å². The molecule has 0 bridgehead atoms. The summed E-state index contributed by atoms with van der Waals surface area (Å²) in [5.41, 5.74) is 2.93. The standard InChI is InChI=1S/C17H18ClNO2/c1-3-13-4-6-14(7-5-13)19-17(20)11-21-15-8-9-16(18)12(2)10-15/h4-10H,3,11H2,1-2H3,(H,19,20). The summed E-state index contributed by atoms with van der Waals surface area (Å²) in [7, 11) is 0. The number of carbonyl (C=O) groups excluding carboxylic acids is 1. The van der Waals surface area contributed by atoms with Crippen LogP contribution in [0.25, 0.3) is 0 Å². The average molecular weight is 304 g/mol. The van der Waals surface area contributed by atoms with Crippen LogP contribution in [0.5, 0.6) is 5.75 Å². The van der Waals surface area contributed by atoms with Gasteiger partial charge in [-0.3, -0.25) is 4.79 Å². The van der Waals surface area contributed by atoms with E-state index in [1.807, 2.05) is 37.3 Å². The maximum absolute atomic E-state index is 11.8. The third kappa shape index (κ3) is 4.50. The molecule has 2 aromatic rings. The van der Waals surface area contributed by atoms with Crippen molar-refractivity contribution in [3.05, 3.63) is 58.6 Å². The summed E-state index contributed by atoms with van der Waals surface area (Å²) >= 11 is 5.94. The van der Waals surface area contributed by atoms with Gasteiger partial charge in [0.25, 0.3) is 5.91 Å². The normalized spacial score (nSPS) is 10.2. The van der Waals surface area contributed by atoms with Crippen LogP contribution in [0.3, 0.4) is 0 Å². The van der Waals surface area contributed by atoms with Crippen LogP contribution in [0.4, 0.5) is 5.69 Å². The Hall–Kier alpha value is -2.00. The first-order valence-corrected chi connectivity index (χ1v) is 7.24. The van der Waals surface area contributed by atoms with E-state index in [9.17, 15) is 4.79 Å². The summed E-state index contributed by atoms with van der Waals surface area (Å²) in [5, 5.41) is 3.48. The first-order valence-electron chi connectivity index (χ1n) is 6.86. The number of benzene rings is 2. The Kier molecular flexibility index (Phi) is 5.23. The third-order valence-corrected chi connectivity index (χ3v) is 3.57. The molecule has 4 heteroatoms. The molecule has 0 saturated heterocycles. The highest BCUT2D eigenvalue weighted by Gasteiger charge is 2.05. The number of ether oxygens (including phenoxy) is 1. The highest BCUT2D eigenvalue weighted by Crippen LogP contribution is 2.21. The highest BCUT2D eigenvalue weighted by atomic mass is 35.5. The molecule has 0 heterocycles. The Labute approximate surface area is 129 Å². The molecule has 0 aliphatic carbocycles. The van der Waals surface area contributed by atoms with E-state index in [1.54, 1.807) is 12.1 Å². The fourth-order valence-electron chi connectivity index (χ4n) is 1.88. The first kappa shape index (κ1) is 15.4. The summed E-state index contributed by atoms with van der Waals surface area (Å²) in [6.07, 6.45) is 0.979. The molecule has 2 rings (SSSR count). The van der Waals surface area contributed by atoms with Gasteiger partial charge >= 0.3 is 0 Å². The van der Waals surface area contributed by atoms with Gasteiger partial charge in [-0.1, -0.05) is 30.7 Å². The maximum atomic E-state index is 11.8. The van der Waals surface area contributed by atoms with E-state index >= 15 is 0 Å². The molecule has 0 unspecified atom stereocenters. The van der Waals surface area contributed by atoms with Gasteiger partial charge in [0.2, 0.25) is 0 Å². The van der Waals surface area contributed by atoms with Crippen molar-refractivity contribution in [3.8, 4) is 5.75 Å². The van der Waals surface area contributed by atoms with E-state index in [1.165, 1.54) is 5.56 Å². The molecule has 2 aromatic carbocycles. The molecule has 21 heavy (non-hydrogen) atoms. The van der Waals surface area contributed by atoms with Gasteiger partial charge in [-0.15, -0.1) is 0 Å². The van der Waals surface area contributed by atoms with Crippen molar-refractivity contribution in [2.45, 2.75) is 20.3 Å². The van der Waals surface area contributed by atoms with Gasteiger partial charge in [0.05, 0.1) is 0 Å². The SMILES string of the molecule is CCc1ccc(NC(=O)COc2ccc(Cl)c(C)c2)cc1. The van der Waals surface area contributed by atoms with Gasteiger partial charge in [0, 0.05) is 10.7 Å². The van der Waals surface area contributed by atoms with Crippen molar-refractivity contribution in [3.63, 3.8) is 0 Å². The molecule has 0 saturated carbocycles. The smallest absolute Gasteiger partial charge is 0.262 e. The van der Waals surface area contributed by atoms with E-state index in [4.69, 9.17) is 16.3 Å². The molecule has 0 spiro atoms. The van der Waals surface area contributed by atoms with Crippen LogP contribution >= 0.6 is 11.6 Å². The van der Waals surface area contributed by atoms with Crippen LogP contribution in [0, 0.1) is 6.92 Å². The predicted octanol–water partition coefficient (Wildman–Crippen LogP) is 4.23. The number of hydrogen-bond acceptors (Lipinski definition) is 2. The zero-order valence-corrected chi connectivity index (χ0v) is 12.9. The average Bonchev–Trinajstić information content (AvgIpc) is 2.49. The van der Waals surface area contributed by atoms with E-state index in [0.29, 0.717) is 10.8 Å². The quantitative estimate of drug-likeness (QED) is 0.897. The highest BCUT2D eigenvalue weighted by molar-refractivity contribution is 6.31. The lowest BCUT2D eigenvalue weighted by Crippen LogP contribution is -2.20. The molecule has 0 aliphatic heterocycles. The van der Waals surface area contributed by atoms with Crippen molar-refractivity contribution in [2.75, 3.05) is 11.9 Å². The molecule has 3 nitrogen and oxygen atoms in total. The van der Waals surface area contributed by atoms with Crippen LogP contribution in [0.15, 0.2) is 42.5 Å². The van der Waals surface area contributed by atoms with Crippen molar-refractivity contribution >= 4 is 23.2 Å². The fraction of sp³-hybridized carbons (Fsp3) is 0.235. The minimum Gasteiger partial charge on any atom is -0.484 e. The second-order valence-electron chi connectivity index (χ2n) is 4.80. The number of amides is 1. The number of rotatable bonds is 5. The molecule has 1 amide bonds. The van der Waals surface area contributed by atoms with Crippen molar-refractivity contribution in [1.29, 1.82) is 0 Å². The first-order chi connectivity index (χ1) is 10.1. The lowest BCUT2D eigenvalue weighted by molar-refractivity contribution is -0.118. The maximum Gasteiger partial charge on any atom is 0.262 e. The van der Waals surface area contributed by atoms with Crippen LogP contribution in [-0.2, 0) is 11.2 Å². The number of anilines is 1. The van der Waals surface area contributed by atoms with Crippen LogP contribution in [0.2, 0.25) is 5.02 Å². The number of nitrogens with one attached hydrogen (secondary N) is 1. The van der Waals surface area contributed by atoms with E-state index < -0.39 is 0 Å². The van der Waals surface area contributed by atoms with Crippen LogP contribution < -0.4 is 10.1 Å². The zero-order valence-electron chi connectivity index (χ0n) is 12.2.